The molecule has 23 heavy (non-hydrogen) atoms. The summed E-state index contributed by atoms with van der Waals surface area (Å²) in [5, 5.41) is 3.97. The smallest absolute Gasteiger partial charge is 0.240 e. The number of halogens is 1. The number of nitrogens with zero attached hydrogens (tertiary/aromatic N) is 3. The molecule has 1 fully saturated rings. The molecular formula is C16H23ClN4O2. The first-order valence-corrected chi connectivity index (χ1v) is 7.59. The van der Waals surface area contributed by atoms with Gasteiger partial charge in [0, 0.05) is 38.6 Å². The maximum atomic E-state index is 6.30. The van der Waals surface area contributed by atoms with E-state index in [1.54, 1.807) is 7.11 Å². The van der Waals surface area contributed by atoms with Crippen LogP contribution in [0, 0.1) is 0 Å². The predicted molar refractivity (Wildman–Crippen MR) is 89.6 cm³/mol. The molecule has 1 aliphatic rings. The number of rotatable bonds is 6. The SMILES string of the molecule is COCCc1noc(CN2C[C@@H](N)[C@H](c3ccccc3)C2)n1.Cl. The van der Waals surface area contributed by atoms with Gasteiger partial charge in [0.25, 0.3) is 0 Å². The maximum Gasteiger partial charge on any atom is 0.240 e. The van der Waals surface area contributed by atoms with Gasteiger partial charge in [-0.3, -0.25) is 4.90 Å². The highest BCUT2D eigenvalue weighted by molar-refractivity contribution is 5.85. The third kappa shape index (κ3) is 4.51. The molecule has 1 aromatic heterocycles. The minimum atomic E-state index is 0. The molecule has 0 amide bonds. The Morgan fingerprint density at radius 2 is 2.09 bits per heavy atom. The summed E-state index contributed by atoms with van der Waals surface area (Å²) in [5.74, 6) is 1.70. The summed E-state index contributed by atoms with van der Waals surface area (Å²) in [6.07, 6.45) is 0.673. The van der Waals surface area contributed by atoms with E-state index < -0.39 is 0 Å². The molecule has 0 spiro atoms. The molecule has 7 heteroatoms. The largest absolute Gasteiger partial charge is 0.384 e. The third-order valence-corrected chi connectivity index (χ3v) is 4.07. The van der Waals surface area contributed by atoms with Crippen LogP contribution in [0.1, 0.15) is 23.2 Å². The fourth-order valence-corrected chi connectivity index (χ4v) is 2.94. The summed E-state index contributed by atoms with van der Waals surface area (Å²) in [4.78, 5) is 6.67. The van der Waals surface area contributed by atoms with Crippen molar-refractivity contribution >= 4 is 12.4 Å². The second kappa shape index (κ2) is 8.40. The molecule has 2 aromatic rings. The topological polar surface area (TPSA) is 77.4 Å². The quantitative estimate of drug-likeness (QED) is 0.862. The van der Waals surface area contributed by atoms with Gasteiger partial charge in [-0.2, -0.15) is 4.98 Å². The van der Waals surface area contributed by atoms with E-state index in [1.807, 2.05) is 6.07 Å². The molecule has 0 aliphatic carbocycles. The summed E-state index contributed by atoms with van der Waals surface area (Å²) in [6, 6.07) is 10.6. The summed E-state index contributed by atoms with van der Waals surface area (Å²) in [5.41, 5.74) is 7.60. The number of methoxy groups -OCH3 is 1. The monoisotopic (exact) mass is 338 g/mol. The molecule has 0 saturated carbocycles. The van der Waals surface area contributed by atoms with Crippen molar-refractivity contribution in [3.8, 4) is 0 Å². The number of hydrogen-bond donors (Lipinski definition) is 1. The Balaban J connectivity index is 0.00000192. The van der Waals surface area contributed by atoms with Gasteiger partial charge in [-0.15, -0.1) is 12.4 Å². The maximum absolute atomic E-state index is 6.30. The van der Waals surface area contributed by atoms with Gasteiger partial charge in [0.1, 0.15) is 0 Å². The molecule has 2 heterocycles. The van der Waals surface area contributed by atoms with Crippen molar-refractivity contribution in [1.82, 2.24) is 15.0 Å². The number of hydrogen-bond acceptors (Lipinski definition) is 6. The summed E-state index contributed by atoms with van der Waals surface area (Å²) >= 11 is 0. The lowest BCUT2D eigenvalue weighted by molar-refractivity contribution is 0.199. The van der Waals surface area contributed by atoms with Crippen molar-refractivity contribution in [1.29, 1.82) is 0 Å². The van der Waals surface area contributed by atoms with Crippen LogP contribution in [0.15, 0.2) is 34.9 Å². The average Bonchev–Trinajstić information content (AvgIpc) is 3.13. The van der Waals surface area contributed by atoms with Crippen LogP contribution in [0.4, 0.5) is 0 Å². The molecule has 1 aliphatic heterocycles. The van der Waals surface area contributed by atoms with Crippen molar-refractivity contribution in [3.05, 3.63) is 47.6 Å². The minimum Gasteiger partial charge on any atom is -0.384 e. The second-order valence-electron chi connectivity index (χ2n) is 5.72. The van der Waals surface area contributed by atoms with Gasteiger partial charge in [-0.1, -0.05) is 35.5 Å². The summed E-state index contributed by atoms with van der Waals surface area (Å²) in [6.45, 7) is 3.01. The number of ether oxygens (including phenoxy) is 1. The van der Waals surface area contributed by atoms with Gasteiger partial charge in [-0.25, -0.2) is 0 Å². The van der Waals surface area contributed by atoms with Crippen LogP contribution in [0.2, 0.25) is 0 Å². The summed E-state index contributed by atoms with van der Waals surface area (Å²) < 4.78 is 10.3. The Bertz CT molecular complexity index is 593. The van der Waals surface area contributed by atoms with Crippen molar-refractivity contribution in [3.63, 3.8) is 0 Å². The van der Waals surface area contributed by atoms with E-state index in [0.717, 1.165) is 13.1 Å². The molecule has 2 N–H and O–H groups in total. The van der Waals surface area contributed by atoms with Crippen LogP contribution >= 0.6 is 12.4 Å². The first-order chi connectivity index (χ1) is 10.8. The lowest BCUT2D eigenvalue weighted by atomic mass is 9.95. The summed E-state index contributed by atoms with van der Waals surface area (Å²) in [7, 11) is 1.66. The first-order valence-electron chi connectivity index (χ1n) is 7.59. The number of likely N-dealkylation sites (tertiary alicyclic amines) is 1. The Kier molecular flexibility index (Phi) is 6.53. The van der Waals surface area contributed by atoms with Crippen LogP contribution in [-0.4, -0.2) is 47.9 Å². The van der Waals surface area contributed by atoms with E-state index >= 15 is 0 Å². The Labute approximate surface area is 142 Å². The highest BCUT2D eigenvalue weighted by Crippen LogP contribution is 2.27. The zero-order valence-corrected chi connectivity index (χ0v) is 14.0. The second-order valence-corrected chi connectivity index (χ2v) is 5.72. The standard InChI is InChI=1S/C16H22N4O2.ClH/c1-21-8-7-15-18-16(22-19-15)11-20-9-13(14(17)10-20)12-5-3-2-4-6-12;/h2-6,13-14H,7-11,17H2,1H3;1H/t13-,14+;/m0./s1. The van der Waals surface area contributed by atoms with Gasteiger partial charge in [0.2, 0.25) is 5.89 Å². The van der Waals surface area contributed by atoms with Gasteiger partial charge >= 0.3 is 0 Å². The number of nitrogens with two attached hydrogens (primary N) is 1. The Morgan fingerprint density at radius 1 is 1.30 bits per heavy atom. The molecule has 126 valence electrons. The van der Waals surface area contributed by atoms with Crippen molar-refractivity contribution in [2.24, 2.45) is 5.73 Å². The van der Waals surface area contributed by atoms with Crippen LogP contribution in [0.3, 0.4) is 0 Å². The molecule has 0 bridgehead atoms. The van der Waals surface area contributed by atoms with E-state index in [2.05, 4.69) is 39.3 Å². The van der Waals surface area contributed by atoms with E-state index in [4.69, 9.17) is 15.0 Å². The number of benzene rings is 1. The zero-order valence-electron chi connectivity index (χ0n) is 13.2. The highest BCUT2D eigenvalue weighted by atomic mass is 35.5. The highest BCUT2D eigenvalue weighted by Gasteiger charge is 2.31. The molecule has 1 aromatic carbocycles. The van der Waals surface area contributed by atoms with Gasteiger partial charge in [0.15, 0.2) is 5.82 Å². The lowest BCUT2D eigenvalue weighted by Gasteiger charge is -2.14. The van der Waals surface area contributed by atoms with Crippen LogP contribution < -0.4 is 5.73 Å². The average molecular weight is 339 g/mol. The molecule has 3 rings (SSSR count). The molecule has 2 atom stereocenters. The van der Waals surface area contributed by atoms with Crippen LogP contribution in [-0.2, 0) is 17.7 Å². The third-order valence-electron chi connectivity index (χ3n) is 4.07. The Hall–Kier alpha value is -1.47. The van der Waals surface area contributed by atoms with E-state index in [9.17, 15) is 0 Å². The number of aromatic nitrogens is 2. The van der Waals surface area contributed by atoms with Crippen molar-refractivity contribution in [2.45, 2.75) is 24.9 Å². The van der Waals surface area contributed by atoms with Gasteiger partial charge < -0.3 is 15.0 Å². The van der Waals surface area contributed by atoms with Crippen molar-refractivity contribution < 1.29 is 9.26 Å². The minimum absolute atomic E-state index is 0. The van der Waals surface area contributed by atoms with E-state index in [-0.39, 0.29) is 18.4 Å². The van der Waals surface area contributed by atoms with Crippen LogP contribution in [0.25, 0.3) is 0 Å². The predicted octanol–water partition coefficient (Wildman–Crippen LogP) is 1.61. The molecule has 0 unspecified atom stereocenters. The fourth-order valence-electron chi connectivity index (χ4n) is 2.94. The van der Waals surface area contributed by atoms with Gasteiger partial charge in [-0.05, 0) is 5.56 Å². The van der Waals surface area contributed by atoms with E-state index in [0.29, 0.717) is 37.2 Å². The van der Waals surface area contributed by atoms with Crippen LogP contribution in [0.5, 0.6) is 0 Å². The lowest BCUT2D eigenvalue weighted by Crippen LogP contribution is -2.28. The van der Waals surface area contributed by atoms with Gasteiger partial charge in [0.05, 0.1) is 13.2 Å². The fraction of sp³-hybridized carbons (Fsp3) is 0.500. The normalized spacial score (nSPS) is 21.3. The first kappa shape index (κ1) is 17.9. The molecule has 1 saturated heterocycles. The van der Waals surface area contributed by atoms with E-state index in [1.165, 1.54) is 5.56 Å². The Morgan fingerprint density at radius 3 is 2.83 bits per heavy atom. The molecule has 0 radical (unpaired) electrons. The molecular weight excluding hydrogens is 316 g/mol. The van der Waals surface area contributed by atoms with Crippen molar-refractivity contribution in [2.75, 3.05) is 26.8 Å². The zero-order chi connectivity index (χ0) is 15.4. The molecule has 6 nitrogen and oxygen atoms in total.